The molecule has 0 saturated carbocycles. The van der Waals surface area contributed by atoms with Gasteiger partial charge < -0.3 is 16.2 Å². The van der Waals surface area contributed by atoms with Crippen LogP contribution in [0, 0.1) is 0 Å². The highest BCUT2D eigenvalue weighted by atomic mass is 16.4. The molecule has 0 rings (SSSR count). The topological polar surface area (TPSA) is 92.4 Å². The average molecular weight is 665 g/mol. The van der Waals surface area contributed by atoms with Gasteiger partial charge in [-0.25, -0.2) is 0 Å². The lowest BCUT2D eigenvalue weighted by Gasteiger charge is -2.04. The van der Waals surface area contributed by atoms with Crippen molar-refractivity contribution < 1.29 is 14.7 Å². The van der Waals surface area contributed by atoms with E-state index in [9.17, 15) is 9.59 Å². The number of nitrogens with two attached hydrogens (primary N) is 1. The van der Waals surface area contributed by atoms with Crippen molar-refractivity contribution in [1.29, 1.82) is 0 Å². The molecule has 0 aliphatic carbocycles. The zero-order chi connectivity index (χ0) is 34.7. The Morgan fingerprint density at radius 2 is 0.766 bits per heavy atom. The van der Waals surface area contributed by atoms with E-state index in [1.165, 1.54) is 186 Å². The number of aliphatic carboxylic acids is 1. The van der Waals surface area contributed by atoms with Gasteiger partial charge in [-0.1, -0.05) is 193 Å². The quantitative estimate of drug-likeness (QED) is 0.0455. The molecule has 0 fully saturated rings. The fraction of sp³-hybridized carbons (Fsp3) is 0.905. The first-order chi connectivity index (χ1) is 23.1. The van der Waals surface area contributed by atoms with Crippen LogP contribution in [0.1, 0.15) is 232 Å². The van der Waals surface area contributed by atoms with Crippen molar-refractivity contribution in [1.82, 2.24) is 5.32 Å². The van der Waals surface area contributed by atoms with E-state index < -0.39 is 5.97 Å². The molecule has 1 amide bonds. The first-order valence-corrected chi connectivity index (χ1v) is 20.9. The van der Waals surface area contributed by atoms with Gasteiger partial charge in [0.05, 0.1) is 0 Å². The first kappa shape index (κ1) is 47.8. The number of amides is 1. The van der Waals surface area contributed by atoms with Crippen LogP contribution in [0.25, 0.3) is 0 Å². The molecule has 0 spiro atoms. The molecule has 280 valence electrons. The highest BCUT2D eigenvalue weighted by molar-refractivity contribution is 5.75. The van der Waals surface area contributed by atoms with Crippen LogP contribution in [0.2, 0.25) is 0 Å². The molecule has 0 aromatic rings. The second-order valence-electron chi connectivity index (χ2n) is 14.0. The largest absolute Gasteiger partial charge is 0.481 e. The number of hydrogen-bond acceptors (Lipinski definition) is 3. The van der Waals surface area contributed by atoms with Gasteiger partial charge in [0.15, 0.2) is 0 Å². The molecule has 5 nitrogen and oxygen atoms in total. The number of carboxylic acids is 1. The van der Waals surface area contributed by atoms with Crippen LogP contribution in [-0.2, 0) is 9.59 Å². The van der Waals surface area contributed by atoms with Crippen LogP contribution in [0.5, 0.6) is 0 Å². The maximum atomic E-state index is 11.4. The summed E-state index contributed by atoms with van der Waals surface area (Å²) >= 11 is 0. The van der Waals surface area contributed by atoms with Gasteiger partial charge in [-0.3, -0.25) is 9.59 Å². The number of nitrogens with one attached hydrogen (secondary N) is 1. The summed E-state index contributed by atoms with van der Waals surface area (Å²) < 4.78 is 0. The highest BCUT2D eigenvalue weighted by Gasteiger charge is 2.00. The highest BCUT2D eigenvalue weighted by Crippen LogP contribution is 2.14. The molecule has 0 aliphatic rings. The first-order valence-electron chi connectivity index (χ1n) is 20.9. The van der Waals surface area contributed by atoms with Crippen LogP contribution < -0.4 is 11.1 Å². The van der Waals surface area contributed by atoms with Crippen molar-refractivity contribution in [2.75, 3.05) is 13.1 Å². The van der Waals surface area contributed by atoms with Crippen LogP contribution in [0.4, 0.5) is 0 Å². The fourth-order valence-corrected chi connectivity index (χ4v) is 6.01. The smallest absolute Gasteiger partial charge is 0.303 e. The summed E-state index contributed by atoms with van der Waals surface area (Å²) in [5, 5.41) is 11.3. The van der Waals surface area contributed by atoms with E-state index in [0.717, 1.165) is 19.3 Å². The van der Waals surface area contributed by atoms with E-state index in [0.29, 0.717) is 25.9 Å². The Morgan fingerprint density at radius 3 is 1.09 bits per heavy atom. The molecule has 0 unspecified atom stereocenters. The average Bonchev–Trinajstić information content (AvgIpc) is 3.06. The molecular weight excluding hydrogens is 580 g/mol. The van der Waals surface area contributed by atoms with Gasteiger partial charge in [-0.15, -0.1) is 0 Å². The van der Waals surface area contributed by atoms with Crippen LogP contribution in [0.3, 0.4) is 0 Å². The van der Waals surface area contributed by atoms with E-state index in [2.05, 4.69) is 31.3 Å². The SMILES string of the molecule is CCCCCCCC/C=C\CCCCCCCCCCCC(=O)NCCN.CCCCCCCCCCCCCCCCCC(=O)O. The normalized spacial score (nSPS) is 11.1. The zero-order valence-electron chi connectivity index (χ0n) is 32.0. The Morgan fingerprint density at radius 1 is 0.468 bits per heavy atom. The van der Waals surface area contributed by atoms with E-state index in [1.807, 2.05) is 0 Å². The summed E-state index contributed by atoms with van der Waals surface area (Å²) in [4.78, 5) is 21.7. The number of carbonyl (C=O) groups is 2. The van der Waals surface area contributed by atoms with Gasteiger partial charge in [0.2, 0.25) is 5.91 Å². The predicted octanol–water partition coefficient (Wildman–Crippen LogP) is 13.0. The minimum absolute atomic E-state index is 0.154. The molecular formula is C42H84N2O3. The van der Waals surface area contributed by atoms with Gasteiger partial charge >= 0.3 is 5.97 Å². The fourth-order valence-electron chi connectivity index (χ4n) is 6.01. The maximum Gasteiger partial charge on any atom is 0.303 e. The van der Waals surface area contributed by atoms with Gasteiger partial charge in [0.25, 0.3) is 0 Å². The lowest BCUT2D eigenvalue weighted by molar-refractivity contribution is -0.137. The summed E-state index contributed by atoms with van der Waals surface area (Å²) in [6.07, 6.45) is 48.2. The van der Waals surface area contributed by atoms with E-state index in [1.54, 1.807) is 0 Å². The molecule has 47 heavy (non-hydrogen) atoms. The Kier molecular flexibility index (Phi) is 45.4. The Bertz CT molecular complexity index is 637. The van der Waals surface area contributed by atoms with E-state index >= 15 is 0 Å². The number of unbranched alkanes of at least 4 members (excludes halogenated alkanes) is 29. The third-order valence-electron chi connectivity index (χ3n) is 9.13. The summed E-state index contributed by atoms with van der Waals surface area (Å²) in [5.41, 5.74) is 5.36. The minimum Gasteiger partial charge on any atom is -0.481 e. The lowest BCUT2D eigenvalue weighted by Crippen LogP contribution is -2.28. The third-order valence-corrected chi connectivity index (χ3v) is 9.13. The molecule has 5 heteroatoms. The number of carboxylic acid groups (broad SMARTS) is 1. The van der Waals surface area contributed by atoms with Crippen molar-refractivity contribution in [2.24, 2.45) is 5.73 Å². The number of carbonyl (C=O) groups excluding carboxylic acids is 1. The van der Waals surface area contributed by atoms with E-state index in [4.69, 9.17) is 10.8 Å². The van der Waals surface area contributed by atoms with Gasteiger partial charge in [-0.2, -0.15) is 0 Å². The molecule has 0 saturated heterocycles. The molecule has 0 radical (unpaired) electrons. The monoisotopic (exact) mass is 665 g/mol. The second kappa shape index (κ2) is 44.6. The van der Waals surface area contributed by atoms with Crippen molar-refractivity contribution >= 4 is 11.9 Å². The Balaban J connectivity index is 0. The maximum absolute atomic E-state index is 11.4. The van der Waals surface area contributed by atoms with Crippen molar-refractivity contribution in [3.63, 3.8) is 0 Å². The van der Waals surface area contributed by atoms with Crippen molar-refractivity contribution in [3.8, 4) is 0 Å². The standard InChI is InChI=1S/C24H48N2O.C18H36O2/c1-2-3-4-5-6-7-8-9-10-11-12-13-14-15-16-17-18-19-20-21-24(27)26-23-22-25;1-2-3-4-5-6-7-8-9-10-11-12-13-14-15-16-17-18(19)20/h9-10H,2-8,11-23,25H2,1H3,(H,26,27);2-17H2,1H3,(H,19,20)/b10-9-;. The molecule has 0 atom stereocenters. The lowest BCUT2D eigenvalue weighted by atomic mass is 10.0. The van der Waals surface area contributed by atoms with Gasteiger partial charge in [-0.05, 0) is 38.5 Å². The molecule has 0 aliphatic heterocycles. The molecule has 4 N–H and O–H groups in total. The van der Waals surface area contributed by atoms with Gasteiger partial charge in [0, 0.05) is 25.9 Å². The Hall–Kier alpha value is -1.36. The molecule has 0 aromatic carbocycles. The number of allylic oxidation sites excluding steroid dienone is 2. The van der Waals surface area contributed by atoms with Crippen molar-refractivity contribution in [3.05, 3.63) is 12.2 Å². The second-order valence-corrected chi connectivity index (χ2v) is 14.0. The zero-order valence-corrected chi connectivity index (χ0v) is 32.0. The van der Waals surface area contributed by atoms with Crippen molar-refractivity contribution in [2.45, 2.75) is 232 Å². The molecule has 0 heterocycles. The minimum atomic E-state index is -0.653. The van der Waals surface area contributed by atoms with Gasteiger partial charge in [0.1, 0.15) is 0 Å². The van der Waals surface area contributed by atoms with Crippen LogP contribution in [0.15, 0.2) is 12.2 Å². The number of hydrogen-bond donors (Lipinski definition) is 3. The van der Waals surface area contributed by atoms with Crippen LogP contribution >= 0.6 is 0 Å². The van der Waals surface area contributed by atoms with E-state index in [-0.39, 0.29) is 5.91 Å². The summed E-state index contributed by atoms with van der Waals surface area (Å²) in [7, 11) is 0. The predicted molar refractivity (Wildman–Crippen MR) is 207 cm³/mol. The third kappa shape index (κ3) is 49.1. The number of rotatable bonds is 37. The summed E-state index contributed by atoms with van der Waals surface area (Å²) in [5.74, 6) is -0.499. The summed E-state index contributed by atoms with van der Waals surface area (Å²) in [6.45, 7) is 5.68. The Labute approximate surface area is 294 Å². The molecule has 0 bridgehead atoms. The summed E-state index contributed by atoms with van der Waals surface area (Å²) in [6, 6.07) is 0. The van der Waals surface area contributed by atoms with Crippen LogP contribution in [-0.4, -0.2) is 30.1 Å². The molecule has 0 aromatic heterocycles.